The van der Waals surface area contributed by atoms with Gasteiger partial charge < -0.3 is 9.47 Å². The van der Waals surface area contributed by atoms with Crippen LogP contribution in [0.1, 0.15) is 52.9 Å². The zero-order valence-corrected chi connectivity index (χ0v) is 14.2. The summed E-state index contributed by atoms with van der Waals surface area (Å²) in [7, 11) is 0. The molecule has 4 bridgehead atoms. The Morgan fingerprint density at radius 3 is 2.74 bits per heavy atom. The molecule has 2 saturated carbocycles. The molecule has 0 aromatic heterocycles. The fraction of sp³-hybridized carbons (Fsp3) is 0.789. The number of rotatable bonds is 3. The minimum Gasteiger partial charge on any atom is -0.462 e. The Labute approximate surface area is 137 Å². The van der Waals surface area contributed by atoms with E-state index in [9.17, 15) is 9.59 Å². The molecule has 3 fully saturated rings. The first-order valence-corrected chi connectivity index (χ1v) is 8.92. The number of fused-ring (bicyclic) bond motifs is 4. The van der Waals surface area contributed by atoms with E-state index in [0.29, 0.717) is 5.92 Å². The van der Waals surface area contributed by atoms with E-state index in [1.165, 1.54) is 0 Å². The number of carbonyl (C=O) groups excluding carboxylic acids is 2. The Balaban J connectivity index is 1.52. The number of carbonyl (C=O) groups is 2. The van der Waals surface area contributed by atoms with E-state index in [1.807, 2.05) is 20.8 Å². The first kappa shape index (κ1) is 15.2. The minimum atomic E-state index is -0.803. The quantitative estimate of drug-likeness (QED) is 0.592. The first-order valence-electron chi connectivity index (χ1n) is 8.92. The summed E-state index contributed by atoms with van der Waals surface area (Å²) >= 11 is 0. The number of hydrogen-bond acceptors (Lipinski definition) is 4. The third-order valence-corrected chi connectivity index (χ3v) is 6.68. The normalized spacial score (nSPS) is 44.5. The summed E-state index contributed by atoms with van der Waals surface area (Å²) in [5.74, 6) is 0.424. The van der Waals surface area contributed by atoms with Gasteiger partial charge in [-0.3, -0.25) is 9.59 Å². The molecule has 0 spiro atoms. The molecule has 0 aromatic rings. The SMILES string of the molecule is CC(C)(OC(=O)C1(C)CC2C=CC1C2)C1C(=O)OC2CCC1C2. The van der Waals surface area contributed by atoms with Gasteiger partial charge in [-0.15, -0.1) is 0 Å². The summed E-state index contributed by atoms with van der Waals surface area (Å²) in [6.45, 7) is 5.77. The second kappa shape index (κ2) is 4.84. The maximum absolute atomic E-state index is 12.9. The van der Waals surface area contributed by atoms with Crippen molar-refractivity contribution in [3.63, 3.8) is 0 Å². The molecule has 0 aromatic carbocycles. The summed E-state index contributed by atoms with van der Waals surface area (Å²) in [4.78, 5) is 25.3. The monoisotopic (exact) mass is 318 g/mol. The van der Waals surface area contributed by atoms with Crippen molar-refractivity contribution < 1.29 is 19.1 Å². The summed E-state index contributed by atoms with van der Waals surface area (Å²) in [5.41, 5.74) is -1.24. The maximum Gasteiger partial charge on any atom is 0.313 e. The van der Waals surface area contributed by atoms with Crippen LogP contribution in [-0.2, 0) is 19.1 Å². The van der Waals surface area contributed by atoms with E-state index in [1.54, 1.807) is 0 Å². The Bertz CT molecular complexity index is 578. The molecular weight excluding hydrogens is 292 g/mol. The molecule has 6 unspecified atom stereocenters. The van der Waals surface area contributed by atoms with Crippen molar-refractivity contribution in [2.24, 2.45) is 29.1 Å². The van der Waals surface area contributed by atoms with Crippen LogP contribution in [-0.4, -0.2) is 23.6 Å². The molecule has 126 valence electrons. The first-order chi connectivity index (χ1) is 10.8. The molecule has 4 nitrogen and oxygen atoms in total. The highest BCUT2D eigenvalue weighted by molar-refractivity contribution is 5.80. The highest BCUT2D eigenvalue weighted by Gasteiger charge is 2.55. The van der Waals surface area contributed by atoms with Gasteiger partial charge in [0.05, 0.1) is 11.3 Å². The van der Waals surface area contributed by atoms with Crippen LogP contribution in [0.25, 0.3) is 0 Å². The highest BCUT2D eigenvalue weighted by atomic mass is 16.6. The molecular formula is C19H26O4. The second-order valence-electron chi connectivity index (χ2n) is 8.71. The molecule has 1 saturated heterocycles. The van der Waals surface area contributed by atoms with Crippen molar-refractivity contribution in [2.75, 3.05) is 0 Å². The molecule has 0 amide bonds. The molecule has 0 radical (unpaired) electrons. The molecule has 23 heavy (non-hydrogen) atoms. The van der Waals surface area contributed by atoms with Crippen LogP contribution in [0.15, 0.2) is 12.2 Å². The van der Waals surface area contributed by atoms with Crippen molar-refractivity contribution >= 4 is 11.9 Å². The van der Waals surface area contributed by atoms with Gasteiger partial charge in [-0.1, -0.05) is 12.2 Å². The average molecular weight is 318 g/mol. The number of esters is 2. The third-order valence-electron chi connectivity index (χ3n) is 6.68. The lowest BCUT2D eigenvalue weighted by Crippen LogP contribution is -2.50. The standard InChI is InChI=1S/C19H26O4/c1-18(2,15-12-5-7-14(9-12)22-16(15)20)23-17(21)19(3)10-11-4-6-13(19)8-11/h4,6,11-15H,5,7-10H2,1-3H3. The van der Waals surface area contributed by atoms with Crippen LogP contribution >= 0.6 is 0 Å². The lowest BCUT2D eigenvalue weighted by molar-refractivity contribution is -0.190. The van der Waals surface area contributed by atoms with Crippen LogP contribution in [0, 0.1) is 29.1 Å². The molecule has 6 atom stereocenters. The summed E-state index contributed by atoms with van der Waals surface area (Å²) in [6, 6.07) is 0. The van der Waals surface area contributed by atoms with Crippen LogP contribution in [0.5, 0.6) is 0 Å². The molecule has 1 aliphatic heterocycles. The van der Waals surface area contributed by atoms with E-state index in [2.05, 4.69) is 12.2 Å². The smallest absolute Gasteiger partial charge is 0.313 e. The fourth-order valence-electron chi connectivity index (χ4n) is 5.41. The van der Waals surface area contributed by atoms with Gasteiger partial charge in [-0.05, 0) is 70.6 Å². The zero-order valence-electron chi connectivity index (χ0n) is 14.2. The maximum atomic E-state index is 12.9. The molecule has 1 heterocycles. The summed E-state index contributed by atoms with van der Waals surface area (Å²) < 4.78 is 11.5. The highest BCUT2D eigenvalue weighted by Crippen LogP contribution is 2.53. The van der Waals surface area contributed by atoms with E-state index in [0.717, 1.165) is 32.1 Å². The van der Waals surface area contributed by atoms with Crippen LogP contribution in [0.3, 0.4) is 0 Å². The Hall–Kier alpha value is -1.32. The minimum absolute atomic E-state index is 0.0865. The van der Waals surface area contributed by atoms with E-state index in [-0.39, 0.29) is 35.8 Å². The van der Waals surface area contributed by atoms with Crippen LogP contribution in [0.4, 0.5) is 0 Å². The third kappa shape index (κ3) is 2.25. The average Bonchev–Trinajstić information content (AvgIpc) is 3.13. The fourth-order valence-corrected chi connectivity index (χ4v) is 5.41. The number of allylic oxidation sites excluding steroid dienone is 2. The van der Waals surface area contributed by atoms with Gasteiger partial charge in [-0.25, -0.2) is 0 Å². The second-order valence-corrected chi connectivity index (χ2v) is 8.71. The van der Waals surface area contributed by atoms with Crippen molar-refractivity contribution in [3.8, 4) is 0 Å². The Kier molecular flexibility index (Phi) is 3.20. The van der Waals surface area contributed by atoms with Gasteiger partial charge in [0.1, 0.15) is 11.7 Å². The van der Waals surface area contributed by atoms with Crippen LogP contribution in [0.2, 0.25) is 0 Å². The van der Waals surface area contributed by atoms with Gasteiger partial charge in [0.2, 0.25) is 0 Å². The largest absolute Gasteiger partial charge is 0.462 e. The van der Waals surface area contributed by atoms with Crippen molar-refractivity contribution in [3.05, 3.63) is 12.2 Å². The van der Waals surface area contributed by atoms with Crippen LogP contribution < -0.4 is 0 Å². The Morgan fingerprint density at radius 2 is 2.09 bits per heavy atom. The molecule has 3 aliphatic carbocycles. The van der Waals surface area contributed by atoms with Gasteiger partial charge in [0, 0.05) is 0 Å². The number of hydrogen-bond donors (Lipinski definition) is 0. The molecule has 4 aliphatic rings. The summed E-state index contributed by atoms with van der Waals surface area (Å²) in [5, 5.41) is 0. The molecule has 4 heteroatoms. The topological polar surface area (TPSA) is 52.6 Å². The Morgan fingerprint density at radius 1 is 1.30 bits per heavy atom. The number of ether oxygens (including phenoxy) is 2. The molecule has 4 rings (SSSR count). The van der Waals surface area contributed by atoms with Gasteiger partial charge >= 0.3 is 11.9 Å². The van der Waals surface area contributed by atoms with Crippen molar-refractivity contribution in [1.82, 2.24) is 0 Å². The van der Waals surface area contributed by atoms with E-state index < -0.39 is 11.0 Å². The zero-order chi connectivity index (χ0) is 16.4. The predicted octanol–water partition coefficient (Wildman–Crippen LogP) is 3.25. The lowest BCUT2D eigenvalue weighted by atomic mass is 9.75. The van der Waals surface area contributed by atoms with E-state index in [4.69, 9.17) is 9.47 Å². The summed E-state index contributed by atoms with van der Waals surface area (Å²) in [6.07, 6.45) is 9.26. The van der Waals surface area contributed by atoms with E-state index >= 15 is 0 Å². The van der Waals surface area contributed by atoms with Gasteiger partial charge in [-0.2, -0.15) is 0 Å². The molecule has 0 N–H and O–H groups in total. The van der Waals surface area contributed by atoms with Gasteiger partial charge in [0.25, 0.3) is 0 Å². The predicted molar refractivity (Wildman–Crippen MR) is 84.3 cm³/mol. The van der Waals surface area contributed by atoms with Gasteiger partial charge in [0.15, 0.2) is 0 Å². The van der Waals surface area contributed by atoms with Crippen molar-refractivity contribution in [1.29, 1.82) is 0 Å². The lowest BCUT2D eigenvalue weighted by Gasteiger charge is -2.41. The van der Waals surface area contributed by atoms with Crippen molar-refractivity contribution in [2.45, 2.75) is 64.6 Å².